The van der Waals surface area contributed by atoms with Gasteiger partial charge < -0.3 is 9.47 Å². The first-order chi connectivity index (χ1) is 14.9. The molecule has 162 valence electrons. The van der Waals surface area contributed by atoms with Crippen LogP contribution in [0.5, 0.6) is 0 Å². The van der Waals surface area contributed by atoms with Gasteiger partial charge in [-0.2, -0.15) is 0 Å². The Kier molecular flexibility index (Phi) is 8.84. The van der Waals surface area contributed by atoms with E-state index < -0.39 is 25.4 Å². The number of esters is 2. The van der Waals surface area contributed by atoms with Gasteiger partial charge in [0, 0.05) is 12.0 Å². The molecule has 2 rings (SSSR count). The highest BCUT2D eigenvalue weighted by molar-refractivity contribution is 6.90. The van der Waals surface area contributed by atoms with Crippen LogP contribution in [-0.4, -0.2) is 34.2 Å². The molecule has 0 spiro atoms. The summed E-state index contributed by atoms with van der Waals surface area (Å²) in [6.45, 7) is 4.59. The molecule has 0 fully saturated rings. The third-order valence-electron chi connectivity index (χ3n) is 5.37. The summed E-state index contributed by atoms with van der Waals surface area (Å²) >= 11 is 0. The summed E-state index contributed by atoms with van der Waals surface area (Å²) in [6, 6.07) is 20.8. The molecule has 2 aromatic rings. The zero-order valence-electron chi connectivity index (χ0n) is 18.7. The van der Waals surface area contributed by atoms with Crippen molar-refractivity contribution in [2.24, 2.45) is 5.41 Å². The minimum absolute atomic E-state index is 0.0189. The molecule has 0 aromatic heterocycles. The fraction of sp³-hybridized carbons (Fsp3) is 0.308. The van der Waals surface area contributed by atoms with Crippen molar-refractivity contribution >= 4 is 25.2 Å². The van der Waals surface area contributed by atoms with Gasteiger partial charge in [0.15, 0.2) is 5.41 Å². The Morgan fingerprint density at radius 1 is 0.903 bits per heavy atom. The van der Waals surface area contributed by atoms with Crippen molar-refractivity contribution in [2.45, 2.75) is 32.0 Å². The van der Waals surface area contributed by atoms with Crippen molar-refractivity contribution in [1.29, 1.82) is 0 Å². The molecular formula is C26H30O4Si. The van der Waals surface area contributed by atoms with Crippen LogP contribution in [-0.2, 0) is 19.1 Å². The third-order valence-corrected chi connectivity index (χ3v) is 8.52. The zero-order chi connectivity index (χ0) is 22.7. The normalized spacial score (nSPS) is 11.5. The van der Waals surface area contributed by atoms with Crippen molar-refractivity contribution in [1.82, 2.24) is 0 Å². The van der Waals surface area contributed by atoms with Crippen LogP contribution in [0.25, 0.3) is 0 Å². The summed E-state index contributed by atoms with van der Waals surface area (Å²) in [5.74, 6) is 4.72. The van der Waals surface area contributed by atoms with E-state index in [0.717, 1.165) is 11.6 Å². The lowest BCUT2D eigenvalue weighted by Gasteiger charge is -2.25. The van der Waals surface area contributed by atoms with E-state index in [9.17, 15) is 9.59 Å². The number of methoxy groups -OCH3 is 2. The molecule has 2 aromatic carbocycles. The van der Waals surface area contributed by atoms with Gasteiger partial charge in [0.25, 0.3) is 0 Å². The van der Waals surface area contributed by atoms with Crippen LogP contribution in [0.1, 0.15) is 18.4 Å². The van der Waals surface area contributed by atoms with Crippen LogP contribution in [0.4, 0.5) is 0 Å². The molecule has 0 bridgehead atoms. The Morgan fingerprint density at radius 3 is 2.00 bits per heavy atom. The molecule has 0 amide bonds. The number of benzene rings is 2. The van der Waals surface area contributed by atoms with Crippen molar-refractivity contribution in [3.63, 3.8) is 0 Å². The molecular weight excluding hydrogens is 404 g/mol. The number of carbonyl (C=O) groups excluding carboxylic acids is 2. The Morgan fingerprint density at radius 2 is 1.45 bits per heavy atom. The SMILES string of the molecule is COC(=O)C(CC#Cc1ccccc1)(C/C=C/C[Si](C)(C)c1ccccc1)C(=O)OC. The highest BCUT2D eigenvalue weighted by Crippen LogP contribution is 2.31. The van der Waals surface area contributed by atoms with Gasteiger partial charge in [-0.25, -0.2) is 0 Å². The van der Waals surface area contributed by atoms with Gasteiger partial charge in [0.2, 0.25) is 0 Å². The Bertz CT molecular complexity index is 937. The van der Waals surface area contributed by atoms with Gasteiger partial charge >= 0.3 is 11.9 Å². The van der Waals surface area contributed by atoms with Gasteiger partial charge in [-0.15, -0.1) is 0 Å². The van der Waals surface area contributed by atoms with Gasteiger partial charge in [-0.05, 0) is 24.6 Å². The Hall–Kier alpha value is -3.10. The maximum Gasteiger partial charge on any atom is 0.324 e. The summed E-state index contributed by atoms with van der Waals surface area (Å²) in [7, 11) is 0.892. The average molecular weight is 435 g/mol. The lowest BCUT2D eigenvalue weighted by molar-refractivity contribution is -0.168. The predicted octanol–water partition coefficient (Wildman–Crippen LogP) is 4.32. The summed E-state index contributed by atoms with van der Waals surface area (Å²) in [5.41, 5.74) is -0.669. The van der Waals surface area contributed by atoms with E-state index in [4.69, 9.17) is 9.47 Å². The Balaban J connectivity index is 2.22. The molecule has 4 nitrogen and oxygen atoms in total. The molecule has 5 heteroatoms. The van der Waals surface area contributed by atoms with Crippen molar-refractivity contribution in [3.8, 4) is 11.8 Å². The lowest BCUT2D eigenvalue weighted by atomic mass is 9.81. The van der Waals surface area contributed by atoms with E-state index in [1.807, 2.05) is 42.5 Å². The number of rotatable bonds is 8. The summed E-state index contributed by atoms with van der Waals surface area (Å²) in [4.78, 5) is 25.3. The number of hydrogen-bond donors (Lipinski definition) is 0. The maximum atomic E-state index is 12.7. The average Bonchev–Trinajstić information content (AvgIpc) is 2.80. The van der Waals surface area contributed by atoms with E-state index in [1.165, 1.54) is 19.4 Å². The van der Waals surface area contributed by atoms with E-state index in [2.05, 4.69) is 55.3 Å². The number of allylic oxidation sites excluding steroid dienone is 2. The molecule has 0 aliphatic heterocycles. The zero-order valence-corrected chi connectivity index (χ0v) is 19.7. The molecule has 0 atom stereocenters. The van der Waals surface area contributed by atoms with E-state index in [0.29, 0.717) is 0 Å². The minimum Gasteiger partial charge on any atom is -0.468 e. The molecule has 31 heavy (non-hydrogen) atoms. The number of hydrogen-bond acceptors (Lipinski definition) is 4. The van der Waals surface area contributed by atoms with Crippen LogP contribution < -0.4 is 5.19 Å². The van der Waals surface area contributed by atoms with Crippen LogP contribution in [0.15, 0.2) is 72.8 Å². The monoisotopic (exact) mass is 434 g/mol. The second kappa shape index (κ2) is 11.3. The second-order valence-corrected chi connectivity index (χ2v) is 12.8. The smallest absolute Gasteiger partial charge is 0.324 e. The highest BCUT2D eigenvalue weighted by Gasteiger charge is 2.47. The highest BCUT2D eigenvalue weighted by atomic mass is 28.3. The largest absolute Gasteiger partial charge is 0.468 e. The number of carbonyl (C=O) groups is 2. The fourth-order valence-corrected chi connectivity index (χ4v) is 5.43. The van der Waals surface area contributed by atoms with Crippen LogP contribution in [0.2, 0.25) is 19.1 Å². The van der Waals surface area contributed by atoms with E-state index in [-0.39, 0.29) is 12.8 Å². The quantitative estimate of drug-likeness (QED) is 0.204. The van der Waals surface area contributed by atoms with Crippen molar-refractivity contribution in [2.75, 3.05) is 14.2 Å². The third kappa shape index (κ3) is 6.44. The first kappa shape index (κ1) is 24.2. The first-order valence-corrected chi connectivity index (χ1v) is 13.5. The van der Waals surface area contributed by atoms with Crippen LogP contribution >= 0.6 is 0 Å². The molecule has 0 radical (unpaired) electrons. The van der Waals surface area contributed by atoms with E-state index >= 15 is 0 Å². The number of ether oxygens (including phenoxy) is 2. The van der Waals surface area contributed by atoms with Gasteiger partial charge in [0.1, 0.15) is 0 Å². The fourth-order valence-electron chi connectivity index (χ4n) is 3.35. The second-order valence-electron chi connectivity index (χ2n) is 8.04. The van der Waals surface area contributed by atoms with Crippen molar-refractivity contribution in [3.05, 3.63) is 78.4 Å². The summed E-state index contributed by atoms with van der Waals surface area (Å²) in [5, 5.41) is 1.36. The maximum absolute atomic E-state index is 12.7. The van der Waals surface area contributed by atoms with Gasteiger partial charge in [0.05, 0.1) is 22.3 Å². The first-order valence-electron chi connectivity index (χ1n) is 10.3. The van der Waals surface area contributed by atoms with Gasteiger partial charge in [-0.3, -0.25) is 9.59 Å². The molecule has 0 unspecified atom stereocenters. The molecule has 0 N–H and O–H groups in total. The molecule has 0 heterocycles. The molecule has 0 aliphatic rings. The van der Waals surface area contributed by atoms with Gasteiger partial charge in [-0.1, -0.05) is 90.8 Å². The van der Waals surface area contributed by atoms with Crippen LogP contribution in [0.3, 0.4) is 0 Å². The summed E-state index contributed by atoms with van der Waals surface area (Å²) in [6.07, 6.45) is 4.14. The Labute approximate surface area is 186 Å². The standard InChI is InChI=1S/C26H30O4Si/c1-29-24(27)26(25(28)30-2,20-13-16-22-14-7-5-8-15-22)19-11-12-21-31(3,4)23-17-9-6-10-18-23/h5-12,14-15,17-18H,19-21H2,1-4H3/b12-11+. The molecule has 0 aliphatic carbocycles. The van der Waals surface area contributed by atoms with Crippen molar-refractivity contribution < 1.29 is 19.1 Å². The van der Waals surface area contributed by atoms with E-state index in [1.54, 1.807) is 0 Å². The van der Waals surface area contributed by atoms with Crippen LogP contribution in [0, 0.1) is 17.3 Å². The summed E-state index contributed by atoms with van der Waals surface area (Å²) < 4.78 is 9.95. The molecule has 0 saturated heterocycles. The topological polar surface area (TPSA) is 52.6 Å². The molecule has 0 saturated carbocycles. The lowest BCUT2D eigenvalue weighted by Crippen LogP contribution is -2.41. The minimum atomic E-state index is -1.66. The predicted molar refractivity (Wildman–Crippen MR) is 127 cm³/mol.